The number of hydrogen-bond acceptors (Lipinski definition) is 5. The van der Waals surface area contributed by atoms with Gasteiger partial charge in [0.25, 0.3) is 0 Å². The molecule has 0 aliphatic heterocycles. The Morgan fingerprint density at radius 2 is 2.04 bits per heavy atom. The number of aromatic amines is 1. The van der Waals surface area contributed by atoms with Crippen LogP contribution in [-0.2, 0) is 16.1 Å². The zero-order chi connectivity index (χ0) is 20.4. The highest BCUT2D eigenvalue weighted by Gasteiger charge is 2.38. The van der Waals surface area contributed by atoms with Crippen molar-refractivity contribution in [1.29, 1.82) is 0 Å². The number of Topliss-reactive ketones (excluding diaryl/α,β-unsaturated/α-hetero) is 1. The highest BCUT2D eigenvalue weighted by Crippen LogP contribution is 2.33. The van der Waals surface area contributed by atoms with Gasteiger partial charge in [0.2, 0.25) is 5.91 Å². The zero-order valence-corrected chi connectivity index (χ0v) is 16.7. The lowest BCUT2D eigenvalue weighted by Gasteiger charge is -2.28. The summed E-state index contributed by atoms with van der Waals surface area (Å²) in [4.78, 5) is 42.8. The summed E-state index contributed by atoms with van der Waals surface area (Å²) in [6.45, 7) is 7.41. The van der Waals surface area contributed by atoms with Crippen molar-refractivity contribution >= 4 is 17.7 Å². The van der Waals surface area contributed by atoms with Crippen molar-refractivity contribution in [2.24, 2.45) is 5.92 Å². The molecule has 1 saturated carbocycles. The molecule has 28 heavy (non-hydrogen) atoms. The van der Waals surface area contributed by atoms with Gasteiger partial charge in [-0.3, -0.25) is 9.59 Å². The summed E-state index contributed by atoms with van der Waals surface area (Å²) in [5.74, 6) is -0.121. The topological polar surface area (TPSA) is 92.6 Å². The monoisotopic (exact) mass is 386 g/mol. The number of aryl methyl sites for hydroxylation is 1. The minimum atomic E-state index is -0.679. The summed E-state index contributed by atoms with van der Waals surface area (Å²) in [6, 6.07) is 2.87. The number of hydrogen-bond donors (Lipinski definition) is 1. The predicted octanol–water partition coefficient (Wildman–Crippen LogP) is 3.41. The Hall–Kier alpha value is -2.83. The van der Waals surface area contributed by atoms with Gasteiger partial charge in [0.15, 0.2) is 5.78 Å². The molecule has 1 fully saturated rings. The first kappa shape index (κ1) is 19.9. The van der Waals surface area contributed by atoms with E-state index < -0.39 is 12.0 Å². The second-order valence-electron chi connectivity index (χ2n) is 7.21. The van der Waals surface area contributed by atoms with E-state index in [-0.39, 0.29) is 36.5 Å². The number of rotatable bonds is 8. The number of ether oxygens (including phenoxy) is 1. The molecule has 2 aromatic heterocycles. The number of H-pyrrole nitrogens is 1. The molecule has 2 heterocycles. The van der Waals surface area contributed by atoms with Gasteiger partial charge in [-0.2, -0.15) is 0 Å². The molecule has 0 unspecified atom stereocenters. The molecule has 0 radical (unpaired) electrons. The summed E-state index contributed by atoms with van der Waals surface area (Å²) in [5.41, 5.74) is 1.85. The van der Waals surface area contributed by atoms with Crippen molar-refractivity contribution < 1.29 is 23.5 Å². The number of esters is 1. The molecule has 1 atom stereocenters. The van der Waals surface area contributed by atoms with E-state index in [1.807, 2.05) is 0 Å². The van der Waals surface area contributed by atoms with Crippen LogP contribution in [0.25, 0.3) is 0 Å². The fourth-order valence-corrected chi connectivity index (χ4v) is 3.42. The Morgan fingerprint density at radius 1 is 1.32 bits per heavy atom. The third-order valence-electron chi connectivity index (χ3n) is 5.13. The van der Waals surface area contributed by atoms with Gasteiger partial charge in [-0.15, -0.1) is 0 Å². The molecule has 1 aliphatic carbocycles. The minimum Gasteiger partial charge on any atom is -0.467 e. The number of carbonyl (C=O) groups is 3. The molecule has 7 heteroatoms. The summed E-state index contributed by atoms with van der Waals surface area (Å²) in [6.07, 6.45) is 3.25. The molecular weight excluding hydrogens is 360 g/mol. The van der Waals surface area contributed by atoms with Crippen molar-refractivity contribution in [1.82, 2.24) is 9.88 Å². The van der Waals surface area contributed by atoms with Crippen LogP contribution in [0.2, 0.25) is 0 Å². The predicted molar refractivity (Wildman–Crippen MR) is 102 cm³/mol. The van der Waals surface area contributed by atoms with Crippen molar-refractivity contribution in [2.45, 2.75) is 53.1 Å². The van der Waals surface area contributed by atoms with Gasteiger partial charge in [0.05, 0.1) is 25.5 Å². The van der Waals surface area contributed by atoms with Crippen molar-refractivity contribution in [3.8, 4) is 0 Å². The Labute approximate surface area is 164 Å². The van der Waals surface area contributed by atoms with Crippen LogP contribution in [-0.4, -0.2) is 40.2 Å². The molecule has 1 aliphatic rings. The molecule has 150 valence electrons. The van der Waals surface area contributed by atoms with Crippen LogP contribution < -0.4 is 0 Å². The first-order chi connectivity index (χ1) is 13.3. The van der Waals surface area contributed by atoms with E-state index in [4.69, 9.17) is 9.15 Å². The summed E-state index contributed by atoms with van der Waals surface area (Å²) >= 11 is 0. The Morgan fingerprint density at radius 3 is 2.61 bits per heavy atom. The highest BCUT2D eigenvalue weighted by molar-refractivity contribution is 6.06. The van der Waals surface area contributed by atoms with E-state index in [9.17, 15) is 14.4 Å². The number of furan rings is 1. The van der Waals surface area contributed by atoms with Crippen LogP contribution in [0.4, 0.5) is 0 Å². The first-order valence-corrected chi connectivity index (χ1v) is 9.58. The van der Waals surface area contributed by atoms with Crippen molar-refractivity contribution in [3.05, 3.63) is 46.7 Å². The Balaban J connectivity index is 1.88. The van der Waals surface area contributed by atoms with Crippen LogP contribution in [0.3, 0.4) is 0 Å². The average molecular weight is 386 g/mol. The molecule has 0 bridgehead atoms. The average Bonchev–Trinajstić information content (AvgIpc) is 3.30. The molecule has 0 aromatic carbocycles. The number of nitrogens with zero attached hydrogens (tertiary/aromatic N) is 1. The van der Waals surface area contributed by atoms with Gasteiger partial charge in [-0.1, -0.05) is 0 Å². The van der Waals surface area contributed by atoms with Crippen molar-refractivity contribution in [3.63, 3.8) is 0 Å². The van der Waals surface area contributed by atoms with Crippen molar-refractivity contribution in [2.75, 3.05) is 6.61 Å². The molecule has 3 rings (SSSR count). The van der Waals surface area contributed by atoms with Gasteiger partial charge < -0.3 is 19.0 Å². The SMILES string of the molecule is CCOC(=O)c1[nH]c(C)c(C(=O)[C@@H](C)N(Cc2ccco2)C(=O)C2CC2)c1C. The van der Waals surface area contributed by atoms with Gasteiger partial charge in [-0.25, -0.2) is 4.79 Å². The lowest BCUT2D eigenvalue weighted by molar-refractivity contribution is -0.134. The number of aromatic nitrogens is 1. The Bertz CT molecular complexity index is 877. The normalized spacial score (nSPS) is 14.6. The molecular formula is C21H26N2O5. The largest absolute Gasteiger partial charge is 0.467 e. The fourth-order valence-electron chi connectivity index (χ4n) is 3.42. The molecule has 7 nitrogen and oxygen atoms in total. The second-order valence-corrected chi connectivity index (χ2v) is 7.21. The number of ketones is 1. The third kappa shape index (κ3) is 3.88. The maximum Gasteiger partial charge on any atom is 0.355 e. The summed E-state index contributed by atoms with van der Waals surface area (Å²) < 4.78 is 10.4. The molecule has 0 spiro atoms. The van der Waals surface area contributed by atoms with Crippen LogP contribution >= 0.6 is 0 Å². The first-order valence-electron chi connectivity index (χ1n) is 9.58. The van der Waals surface area contributed by atoms with E-state index in [0.717, 1.165) is 12.8 Å². The third-order valence-corrected chi connectivity index (χ3v) is 5.13. The summed E-state index contributed by atoms with van der Waals surface area (Å²) in [7, 11) is 0. The van der Waals surface area contributed by atoms with Crippen LogP contribution in [0, 0.1) is 19.8 Å². The van der Waals surface area contributed by atoms with E-state index in [0.29, 0.717) is 22.6 Å². The van der Waals surface area contributed by atoms with Gasteiger partial charge in [0, 0.05) is 17.2 Å². The van der Waals surface area contributed by atoms with E-state index in [1.165, 1.54) is 0 Å². The number of nitrogens with one attached hydrogen (secondary N) is 1. The molecule has 0 saturated heterocycles. The molecule has 1 N–H and O–H groups in total. The number of amides is 1. The molecule has 1 amide bonds. The maximum absolute atomic E-state index is 13.3. The zero-order valence-electron chi connectivity index (χ0n) is 16.7. The summed E-state index contributed by atoms with van der Waals surface area (Å²) in [5, 5.41) is 0. The smallest absolute Gasteiger partial charge is 0.355 e. The fraction of sp³-hybridized carbons (Fsp3) is 0.476. The lowest BCUT2D eigenvalue weighted by Crippen LogP contribution is -2.43. The lowest BCUT2D eigenvalue weighted by atomic mass is 9.99. The van der Waals surface area contributed by atoms with Gasteiger partial charge >= 0.3 is 5.97 Å². The standard InChI is InChI=1S/C21H26N2O5/c1-5-27-21(26)18-12(2)17(13(3)22-18)19(24)14(4)23(20(25)15-8-9-15)11-16-7-6-10-28-16/h6-7,10,14-15,22H,5,8-9,11H2,1-4H3/t14-/m1/s1. The second kappa shape index (κ2) is 8.04. The van der Waals surface area contributed by atoms with Gasteiger partial charge in [0.1, 0.15) is 11.5 Å². The number of carbonyl (C=O) groups excluding carboxylic acids is 3. The molecule has 2 aromatic rings. The van der Waals surface area contributed by atoms with E-state index in [2.05, 4.69) is 4.98 Å². The van der Waals surface area contributed by atoms with Crippen LogP contribution in [0.15, 0.2) is 22.8 Å². The van der Waals surface area contributed by atoms with Gasteiger partial charge in [-0.05, 0) is 58.2 Å². The Kier molecular flexibility index (Phi) is 5.72. The maximum atomic E-state index is 13.3. The van der Waals surface area contributed by atoms with E-state index >= 15 is 0 Å². The van der Waals surface area contributed by atoms with Crippen LogP contribution in [0.5, 0.6) is 0 Å². The highest BCUT2D eigenvalue weighted by atomic mass is 16.5. The van der Waals surface area contributed by atoms with E-state index in [1.54, 1.807) is 51.0 Å². The quantitative estimate of drug-likeness (QED) is 0.554. The van der Waals surface area contributed by atoms with Crippen LogP contribution in [0.1, 0.15) is 64.6 Å². The minimum absolute atomic E-state index is 0.0197.